The third kappa shape index (κ3) is 4.49. The fourth-order valence-corrected chi connectivity index (χ4v) is 2.45. The molecule has 0 saturated heterocycles. The third-order valence-corrected chi connectivity index (χ3v) is 3.92. The van der Waals surface area contributed by atoms with Gasteiger partial charge in [-0.25, -0.2) is 4.68 Å². The molecule has 0 aliphatic carbocycles. The third-order valence-electron chi connectivity index (χ3n) is 3.67. The Kier molecular flexibility index (Phi) is 5.66. The standard InChI is InChI=1S/C19H17ClN4O2/c20-16-8-6-14(7-9-16)18(25)21-10-11-22-19(26)15-12-23-24(13-15)17-4-2-1-3-5-17/h1-9,12-13H,10-11H2,(H,21,25)(H,22,26). The van der Waals surface area contributed by atoms with E-state index < -0.39 is 0 Å². The number of hydrogen-bond acceptors (Lipinski definition) is 3. The van der Waals surface area contributed by atoms with Crippen LogP contribution in [0.3, 0.4) is 0 Å². The molecule has 0 fully saturated rings. The highest BCUT2D eigenvalue weighted by molar-refractivity contribution is 6.30. The summed E-state index contributed by atoms with van der Waals surface area (Å²) in [7, 11) is 0. The Labute approximate surface area is 155 Å². The van der Waals surface area contributed by atoms with Crippen LogP contribution in [0.15, 0.2) is 67.0 Å². The van der Waals surface area contributed by atoms with Crippen molar-refractivity contribution in [3.05, 3.63) is 83.1 Å². The highest BCUT2D eigenvalue weighted by Crippen LogP contribution is 2.09. The fourth-order valence-electron chi connectivity index (χ4n) is 2.32. The van der Waals surface area contributed by atoms with E-state index in [-0.39, 0.29) is 11.8 Å². The first-order valence-corrected chi connectivity index (χ1v) is 8.43. The first-order chi connectivity index (χ1) is 12.6. The van der Waals surface area contributed by atoms with Crippen LogP contribution >= 0.6 is 11.6 Å². The van der Waals surface area contributed by atoms with Crippen LogP contribution in [0.5, 0.6) is 0 Å². The minimum Gasteiger partial charge on any atom is -0.350 e. The van der Waals surface area contributed by atoms with Gasteiger partial charge < -0.3 is 10.6 Å². The Morgan fingerprint density at radius 3 is 2.15 bits per heavy atom. The number of nitrogens with zero attached hydrogens (tertiary/aromatic N) is 2. The lowest BCUT2D eigenvalue weighted by Gasteiger charge is -2.06. The molecule has 0 atom stereocenters. The van der Waals surface area contributed by atoms with Gasteiger partial charge in [0.25, 0.3) is 11.8 Å². The quantitative estimate of drug-likeness (QED) is 0.657. The average Bonchev–Trinajstić information content (AvgIpc) is 3.16. The Hall–Kier alpha value is -3.12. The number of aromatic nitrogens is 2. The second kappa shape index (κ2) is 8.31. The van der Waals surface area contributed by atoms with E-state index in [1.807, 2.05) is 30.3 Å². The van der Waals surface area contributed by atoms with Gasteiger partial charge in [0.15, 0.2) is 0 Å². The number of nitrogens with one attached hydrogen (secondary N) is 2. The molecule has 132 valence electrons. The molecule has 0 aliphatic rings. The maximum atomic E-state index is 12.1. The van der Waals surface area contributed by atoms with Crippen molar-refractivity contribution in [2.75, 3.05) is 13.1 Å². The number of para-hydroxylation sites is 1. The Morgan fingerprint density at radius 2 is 1.50 bits per heavy atom. The molecule has 0 radical (unpaired) electrons. The van der Waals surface area contributed by atoms with Crippen LogP contribution in [0.1, 0.15) is 20.7 Å². The van der Waals surface area contributed by atoms with Gasteiger partial charge in [0.1, 0.15) is 0 Å². The molecule has 26 heavy (non-hydrogen) atoms. The average molecular weight is 369 g/mol. The molecule has 0 aliphatic heterocycles. The molecule has 3 rings (SSSR count). The molecule has 3 aromatic rings. The van der Waals surface area contributed by atoms with E-state index in [9.17, 15) is 9.59 Å². The smallest absolute Gasteiger partial charge is 0.254 e. The van der Waals surface area contributed by atoms with Crippen molar-refractivity contribution >= 4 is 23.4 Å². The summed E-state index contributed by atoms with van der Waals surface area (Å²) in [6.45, 7) is 0.634. The highest BCUT2D eigenvalue weighted by Gasteiger charge is 2.09. The number of halogens is 1. The second-order valence-electron chi connectivity index (χ2n) is 5.53. The molecule has 2 N–H and O–H groups in total. The minimum atomic E-state index is -0.243. The number of carbonyl (C=O) groups is 2. The monoisotopic (exact) mass is 368 g/mol. The maximum absolute atomic E-state index is 12.1. The van der Waals surface area contributed by atoms with E-state index >= 15 is 0 Å². The Bertz CT molecular complexity index is 891. The normalized spacial score (nSPS) is 10.3. The summed E-state index contributed by atoms with van der Waals surface area (Å²) >= 11 is 5.79. The molecule has 0 unspecified atom stereocenters. The molecule has 0 spiro atoms. The van der Waals surface area contributed by atoms with Gasteiger partial charge in [-0.1, -0.05) is 29.8 Å². The largest absolute Gasteiger partial charge is 0.350 e. The van der Waals surface area contributed by atoms with Gasteiger partial charge in [0.2, 0.25) is 0 Å². The van der Waals surface area contributed by atoms with Crippen LogP contribution in [-0.2, 0) is 0 Å². The molecule has 0 saturated carbocycles. The summed E-state index contributed by atoms with van der Waals surface area (Å²) in [4.78, 5) is 24.1. The van der Waals surface area contributed by atoms with Gasteiger partial charge in [0, 0.05) is 29.9 Å². The Balaban J connectivity index is 1.46. The topological polar surface area (TPSA) is 76.0 Å². The van der Waals surface area contributed by atoms with E-state index in [2.05, 4.69) is 15.7 Å². The summed E-state index contributed by atoms with van der Waals surface area (Å²) in [5.41, 5.74) is 1.85. The van der Waals surface area contributed by atoms with Crippen molar-refractivity contribution in [1.82, 2.24) is 20.4 Å². The number of hydrogen-bond donors (Lipinski definition) is 2. The van der Waals surface area contributed by atoms with Gasteiger partial charge in [-0.15, -0.1) is 0 Å². The zero-order chi connectivity index (χ0) is 18.4. The molecular formula is C19H17ClN4O2. The number of carbonyl (C=O) groups excluding carboxylic acids is 2. The van der Waals surface area contributed by atoms with Crippen LogP contribution in [0.25, 0.3) is 5.69 Å². The first-order valence-electron chi connectivity index (χ1n) is 8.05. The van der Waals surface area contributed by atoms with Crippen molar-refractivity contribution in [2.24, 2.45) is 0 Å². The van der Waals surface area contributed by atoms with Crippen LogP contribution < -0.4 is 10.6 Å². The molecule has 6 nitrogen and oxygen atoms in total. The maximum Gasteiger partial charge on any atom is 0.254 e. The van der Waals surface area contributed by atoms with Gasteiger partial charge in [-0.2, -0.15) is 5.10 Å². The van der Waals surface area contributed by atoms with E-state index in [1.165, 1.54) is 6.20 Å². The number of benzene rings is 2. The minimum absolute atomic E-state index is 0.215. The lowest BCUT2D eigenvalue weighted by atomic mass is 10.2. The van der Waals surface area contributed by atoms with E-state index in [4.69, 9.17) is 11.6 Å². The highest BCUT2D eigenvalue weighted by atomic mass is 35.5. The van der Waals surface area contributed by atoms with Crippen molar-refractivity contribution in [1.29, 1.82) is 0 Å². The second-order valence-corrected chi connectivity index (χ2v) is 5.96. The summed E-state index contributed by atoms with van der Waals surface area (Å²) in [6, 6.07) is 16.1. The van der Waals surface area contributed by atoms with Crippen molar-refractivity contribution in [2.45, 2.75) is 0 Å². The molecule has 0 bridgehead atoms. The zero-order valence-electron chi connectivity index (χ0n) is 13.9. The van der Waals surface area contributed by atoms with Crippen LogP contribution in [-0.4, -0.2) is 34.7 Å². The first kappa shape index (κ1) is 17.7. The fraction of sp³-hybridized carbons (Fsp3) is 0.105. The lowest BCUT2D eigenvalue weighted by Crippen LogP contribution is -2.34. The summed E-state index contributed by atoms with van der Waals surface area (Å²) in [5.74, 6) is -0.458. The molecule has 1 heterocycles. The van der Waals surface area contributed by atoms with E-state index in [1.54, 1.807) is 35.1 Å². The predicted octanol–water partition coefficient (Wildman–Crippen LogP) is 2.69. The van der Waals surface area contributed by atoms with Crippen LogP contribution in [0.2, 0.25) is 5.02 Å². The summed E-state index contributed by atoms with van der Waals surface area (Å²) < 4.78 is 1.64. The molecule has 2 aromatic carbocycles. The predicted molar refractivity (Wildman–Crippen MR) is 99.7 cm³/mol. The number of amides is 2. The summed E-state index contributed by atoms with van der Waals surface area (Å²) in [6.07, 6.45) is 3.17. The zero-order valence-corrected chi connectivity index (χ0v) is 14.6. The number of rotatable bonds is 6. The SMILES string of the molecule is O=C(NCCNC(=O)c1cnn(-c2ccccc2)c1)c1ccc(Cl)cc1. The molecule has 1 aromatic heterocycles. The van der Waals surface area contributed by atoms with Crippen molar-refractivity contribution in [3.63, 3.8) is 0 Å². The molecular weight excluding hydrogens is 352 g/mol. The van der Waals surface area contributed by atoms with Crippen LogP contribution in [0, 0.1) is 0 Å². The van der Waals surface area contributed by atoms with E-state index in [0.717, 1.165) is 5.69 Å². The lowest BCUT2D eigenvalue weighted by molar-refractivity contribution is 0.0927. The molecule has 2 amide bonds. The van der Waals surface area contributed by atoms with Gasteiger partial charge in [-0.3, -0.25) is 9.59 Å². The molecule has 7 heteroatoms. The van der Waals surface area contributed by atoms with Crippen LogP contribution in [0.4, 0.5) is 0 Å². The van der Waals surface area contributed by atoms with Crippen molar-refractivity contribution in [3.8, 4) is 5.69 Å². The van der Waals surface area contributed by atoms with Gasteiger partial charge in [0.05, 0.1) is 17.4 Å². The van der Waals surface area contributed by atoms with Gasteiger partial charge >= 0.3 is 0 Å². The van der Waals surface area contributed by atoms with Crippen molar-refractivity contribution < 1.29 is 9.59 Å². The summed E-state index contributed by atoms with van der Waals surface area (Å²) in [5, 5.41) is 10.3. The Morgan fingerprint density at radius 1 is 0.885 bits per heavy atom. The van der Waals surface area contributed by atoms with E-state index in [0.29, 0.717) is 29.2 Å². The van der Waals surface area contributed by atoms with Gasteiger partial charge in [-0.05, 0) is 36.4 Å².